The molecule has 4 nitrogen and oxygen atoms in total. The lowest BCUT2D eigenvalue weighted by atomic mass is 9.78. The molecule has 29 heavy (non-hydrogen) atoms. The van der Waals surface area contributed by atoms with Gasteiger partial charge in [0.15, 0.2) is 0 Å². The first-order valence-corrected chi connectivity index (χ1v) is 10.6. The standard InChI is InChI=1S/C22H27F3N2O2/c23-22(24,25)16-9-12-27-19(13-16)20(15-5-3-6-15)18(26-27)8-4-7-17(28)14-21(29)10-1-2-11-21/h9,12-13,15,29H,1-8,10-11,14H2. The highest BCUT2D eigenvalue weighted by molar-refractivity contribution is 5.79. The van der Waals surface area contributed by atoms with Gasteiger partial charge < -0.3 is 5.11 Å². The molecule has 2 fully saturated rings. The lowest BCUT2D eigenvalue weighted by Crippen LogP contribution is -2.27. The Morgan fingerprint density at radius 3 is 2.59 bits per heavy atom. The summed E-state index contributed by atoms with van der Waals surface area (Å²) >= 11 is 0. The highest BCUT2D eigenvalue weighted by Crippen LogP contribution is 2.41. The van der Waals surface area contributed by atoms with Gasteiger partial charge in [0.2, 0.25) is 0 Å². The predicted molar refractivity (Wildman–Crippen MR) is 103 cm³/mol. The highest BCUT2D eigenvalue weighted by Gasteiger charge is 2.34. The number of nitrogens with zero attached hydrogens (tertiary/aromatic N) is 2. The summed E-state index contributed by atoms with van der Waals surface area (Å²) in [5.74, 6) is 0.309. The van der Waals surface area contributed by atoms with E-state index in [4.69, 9.17) is 0 Å². The summed E-state index contributed by atoms with van der Waals surface area (Å²) in [5.41, 5.74) is 0.777. The van der Waals surface area contributed by atoms with Crippen molar-refractivity contribution in [3.8, 4) is 0 Å². The molecule has 2 aliphatic carbocycles. The first-order valence-electron chi connectivity index (χ1n) is 10.6. The number of fused-ring (bicyclic) bond motifs is 1. The summed E-state index contributed by atoms with van der Waals surface area (Å²) < 4.78 is 41.0. The number of aryl methyl sites for hydroxylation is 1. The predicted octanol–water partition coefficient (Wildman–Crippen LogP) is 5.21. The maximum atomic E-state index is 13.2. The van der Waals surface area contributed by atoms with Crippen molar-refractivity contribution < 1.29 is 23.1 Å². The summed E-state index contributed by atoms with van der Waals surface area (Å²) in [4.78, 5) is 12.3. The minimum atomic E-state index is -4.38. The first kappa shape index (κ1) is 20.4. The van der Waals surface area contributed by atoms with E-state index in [0.717, 1.165) is 49.4 Å². The van der Waals surface area contributed by atoms with Gasteiger partial charge in [-0.1, -0.05) is 19.3 Å². The van der Waals surface area contributed by atoms with Crippen molar-refractivity contribution in [1.82, 2.24) is 9.61 Å². The van der Waals surface area contributed by atoms with Crippen LogP contribution in [0.5, 0.6) is 0 Å². The fourth-order valence-corrected chi connectivity index (χ4v) is 4.73. The van der Waals surface area contributed by atoms with Crippen molar-refractivity contribution in [3.05, 3.63) is 35.2 Å². The van der Waals surface area contributed by atoms with Gasteiger partial charge in [-0.25, -0.2) is 4.52 Å². The van der Waals surface area contributed by atoms with Gasteiger partial charge in [0.25, 0.3) is 0 Å². The van der Waals surface area contributed by atoms with Gasteiger partial charge in [0.05, 0.1) is 22.4 Å². The highest BCUT2D eigenvalue weighted by atomic mass is 19.4. The summed E-state index contributed by atoms with van der Waals surface area (Å²) in [7, 11) is 0. The van der Waals surface area contributed by atoms with Crippen LogP contribution in [0.15, 0.2) is 18.3 Å². The summed E-state index contributed by atoms with van der Waals surface area (Å²) in [6.07, 6.45) is 5.09. The molecule has 158 valence electrons. The van der Waals surface area contributed by atoms with Crippen LogP contribution in [0, 0.1) is 0 Å². The van der Waals surface area contributed by atoms with E-state index in [1.807, 2.05) is 0 Å². The van der Waals surface area contributed by atoms with Crippen LogP contribution in [0.3, 0.4) is 0 Å². The van der Waals surface area contributed by atoms with Gasteiger partial charge >= 0.3 is 6.18 Å². The number of Topliss-reactive ketones (excluding diaryl/α,β-unsaturated/α-hetero) is 1. The van der Waals surface area contributed by atoms with Crippen molar-refractivity contribution in [2.45, 2.75) is 88.3 Å². The molecular weight excluding hydrogens is 381 g/mol. The number of ketones is 1. The number of aliphatic hydroxyl groups is 1. The fraction of sp³-hybridized carbons (Fsp3) is 0.636. The number of halogens is 3. The third kappa shape index (κ3) is 4.34. The van der Waals surface area contributed by atoms with Crippen LogP contribution in [0.4, 0.5) is 13.2 Å². The third-order valence-electron chi connectivity index (χ3n) is 6.52. The molecule has 2 heterocycles. The molecule has 4 rings (SSSR count). The quantitative estimate of drug-likeness (QED) is 0.684. The second-order valence-electron chi connectivity index (χ2n) is 8.73. The molecule has 1 N–H and O–H groups in total. The largest absolute Gasteiger partial charge is 0.416 e. The van der Waals surface area contributed by atoms with Crippen LogP contribution in [0.2, 0.25) is 0 Å². The Morgan fingerprint density at radius 2 is 1.97 bits per heavy atom. The molecule has 0 aliphatic heterocycles. The Balaban J connectivity index is 1.48. The summed E-state index contributed by atoms with van der Waals surface area (Å²) in [5, 5.41) is 14.9. The molecule has 2 aromatic rings. The van der Waals surface area contributed by atoms with Crippen LogP contribution < -0.4 is 0 Å². The number of hydrogen-bond acceptors (Lipinski definition) is 3. The summed E-state index contributed by atoms with van der Waals surface area (Å²) in [6.45, 7) is 0. The summed E-state index contributed by atoms with van der Waals surface area (Å²) in [6, 6.07) is 2.26. The molecule has 0 amide bonds. The Bertz CT molecular complexity index is 893. The van der Waals surface area contributed by atoms with E-state index in [-0.39, 0.29) is 18.1 Å². The van der Waals surface area contributed by atoms with Gasteiger partial charge in [-0.2, -0.15) is 18.3 Å². The molecule has 0 aromatic carbocycles. The molecule has 0 radical (unpaired) electrons. The Hall–Kier alpha value is -1.89. The van der Waals surface area contributed by atoms with Crippen LogP contribution in [-0.2, 0) is 17.4 Å². The van der Waals surface area contributed by atoms with Crippen molar-refractivity contribution in [3.63, 3.8) is 0 Å². The maximum absolute atomic E-state index is 13.2. The topological polar surface area (TPSA) is 54.6 Å². The molecular formula is C22H27F3N2O2. The lowest BCUT2D eigenvalue weighted by Gasteiger charge is -2.26. The first-order chi connectivity index (χ1) is 13.8. The van der Waals surface area contributed by atoms with E-state index >= 15 is 0 Å². The van der Waals surface area contributed by atoms with Crippen LogP contribution in [0.1, 0.15) is 86.9 Å². The number of rotatable bonds is 7. The molecule has 0 unspecified atom stereocenters. The molecule has 0 spiro atoms. The second-order valence-corrected chi connectivity index (χ2v) is 8.73. The number of carbonyl (C=O) groups excluding carboxylic acids is 1. The van der Waals surface area contributed by atoms with Crippen molar-refractivity contribution >= 4 is 11.3 Å². The van der Waals surface area contributed by atoms with Crippen LogP contribution in [0.25, 0.3) is 5.52 Å². The van der Waals surface area contributed by atoms with E-state index in [1.54, 1.807) is 4.52 Å². The Morgan fingerprint density at radius 1 is 1.24 bits per heavy atom. The normalized spacial score (nSPS) is 19.6. The number of alkyl halides is 3. The average molecular weight is 408 g/mol. The maximum Gasteiger partial charge on any atom is 0.416 e. The second kappa shape index (κ2) is 7.74. The lowest BCUT2D eigenvalue weighted by molar-refractivity contribution is -0.137. The van der Waals surface area contributed by atoms with E-state index in [0.29, 0.717) is 37.6 Å². The molecule has 7 heteroatoms. The number of hydrogen-bond donors (Lipinski definition) is 1. The van der Waals surface area contributed by atoms with Crippen LogP contribution >= 0.6 is 0 Å². The monoisotopic (exact) mass is 408 g/mol. The molecule has 0 bridgehead atoms. The zero-order valence-electron chi connectivity index (χ0n) is 16.5. The third-order valence-corrected chi connectivity index (χ3v) is 6.52. The van der Waals surface area contributed by atoms with Crippen molar-refractivity contribution in [2.24, 2.45) is 0 Å². The number of aromatic nitrogens is 2. The average Bonchev–Trinajstić information content (AvgIpc) is 3.16. The molecule has 2 aromatic heterocycles. The molecule has 2 saturated carbocycles. The molecule has 2 aliphatic rings. The van der Waals surface area contributed by atoms with Gasteiger partial charge in [0, 0.05) is 24.6 Å². The van der Waals surface area contributed by atoms with Gasteiger partial charge in [-0.15, -0.1) is 0 Å². The van der Waals surface area contributed by atoms with E-state index in [1.165, 1.54) is 12.3 Å². The van der Waals surface area contributed by atoms with E-state index in [2.05, 4.69) is 5.10 Å². The number of carbonyl (C=O) groups is 1. The zero-order chi connectivity index (χ0) is 20.6. The van der Waals surface area contributed by atoms with Crippen molar-refractivity contribution in [2.75, 3.05) is 0 Å². The zero-order valence-corrected chi connectivity index (χ0v) is 16.5. The van der Waals surface area contributed by atoms with Gasteiger partial charge in [-0.3, -0.25) is 4.79 Å². The minimum absolute atomic E-state index is 0.0581. The SMILES string of the molecule is O=C(CCCc1nn2ccc(C(F)(F)F)cc2c1C1CCC1)CC1(O)CCCC1. The van der Waals surface area contributed by atoms with Gasteiger partial charge in [0.1, 0.15) is 5.78 Å². The number of pyridine rings is 1. The van der Waals surface area contributed by atoms with Crippen LogP contribution in [-0.4, -0.2) is 26.1 Å². The van der Waals surface area contributed by atoms with Crippen molar-refractivity contribution in [1.29, 1.82) is 0 Å². The minimum Gasteiger partial charge on any atom is -0.389 e. The molecule has 0 atom stereocenters. The fourth-order valence-electron chi connectivity index (χ4n) is 4.73. The van der Waals surface area contributed by atoms with E-state index in [9.17, 15) is 23.1 Å². The molecule has 0 saturated heterocycles. The Kier molecular flexibility index (Phi) is 5.44. The Labute approximate surface area is 168 Å². The van der Waals surface area contributed by atoms with Gasteiger partial charge in [-0.05, 0) is 56.6 Å². The smallest absolute Gasteiger partial charge is 0.389 e. The van der Waals surface area contributed by atoms with E-state index < -0.39 is 17.3 Å².